The van der Waals surface area contributed by atoms with Gasteiger partial charge in [0.15, 0.2) is 0 Å². The van der Waals surface area contributed by atoms with E-state index in [-0.39, 0.29) is 48.2 Å². The summed E-state index contributed by atoms with van der Waals surface area (Å²) in [5, 5.41) is 21.2. The molecular weight excluding hydrogens is 626 g/mol. The molecule has 0 aliphatic heterocycles. The van der Waals surface area contributed by atoms with Crippen LogP contribution in [0.25, 0.3) is 10.9 Å². The van der Waals surface area contributed by atoms with Gasteiger partial charge in [0.25, 0.3) is 5.95 Å². The number of anilines is 2. The Hall–Kier alpha value is -4.08. The van der Waals surface area contributed by atoms with Gasteiger partial charge in [-0.15, -0.1) is 5.10 Å². The molecule has 0 amide bonds. The molecule has 2 aromatic carbocycles. The van der Waals surface area contributed by atoms with E-state index in [9.17, 15) is 40.2 Å². The van der Waals surface area contributed by atoms with Crippen molar-refractivity contribution in [2.24, 2.45) is 5.92 Å². The van der Waals surface area contributed by atoms with E-state index in [2.05, 4.69) is 20.4 Å². The molecule has 1 saturated carbocycles. The lowest BCUT2D eigenvalue weighted by Crippen LogP contribution is -2.32. The summed E-state index contributed by atoms with van der Waals surface area (Å²) in [4.78, 5) is 8.89. The average molecular weight is 658 g/mol. The average Bonchev–Trinajstić information content (AvgIpc) is 3.67. The van der Waals surface area contributed by atoms with E-state index in [0.717, 1.165) is 36.5 Å². The van der Waals surface area contributed by atoms with E-state index in [1.807, 2.05) is 11.8 Å². The molecule has 1 fully saturated rings. The van der Waals surface area contributed by atoms with Crippen molar-refractivity contribution in [3.63, 3.8) is 0 Å². The van der Waals surface area contributed by atoms with Gasteiger partial charge in [0.2, 0.25) is 0 Å². The molecule has 0 unspecified atom stereocenters. The van der Waals surface area contributed by atoms with Gasteiger partial charge in [0.05, 0.1) is 29.8 Å². The van der Waals surface area contributed by atoms with Gasteiger partial charge in [0, 0.05) is 49.3 Å². The zero-order chi connectivity index (χ0) is 33.2. The fourth-order valence-corrected chi connectivity index (χ4v) is 5.77. The molecule has 0 atom stereocenters. The smallest absolute Gasteiger partial charge is 0.394 e. The van der Waals surface area contributed by atoms with Crippen LogP contribution in [-0.2, 0) is 32.0 Å². The molecule has 4 aromatic rings. The van der Waals surface area contributed by atoms with E-state index in [0.29, 0.717) is 48.6 Å². The van der Waals surface area contributed by atoms with Gasteiger partial charge in [0.1, 0.15) is 17.5 Å². The van der Waals surface area contributed by atoms with Crippen molar-refractivity contribution in [2.45, 2.75) is 64.6 Å². The zero-order valence-electron chi connectivity index (χ0n) is 24.7. The lowest BCUT2D eigenvalue weighted by molar-refractivity contribution is -0.143. The molecule has 16 heteroatoms. The Morgan fingerprint density at radius 3 is 2.17 bits per heavy atom. The molecular formula is C30H31F8N7O. The molecule has 1 aliphatic rings. The predicted octanol–water partition coefficient (Wildman–Crippen LogP) is 6.75. The third-order valence-electron chi connectivity index (χ3n) is 7.95. The molecule has 0 radical (unpaired) electrons. The number of aliphatic hydroxyl groups is 1. The van der Waals surface area contributed by atoms with Gasteiger partial charge in [-0.25, -0.2) is 13.8 Å². The minimum atomic E-state index is -5.06. The summed E-state index contributed by atoms with van der Waals surface area (Å²) in [5.74, 6) is -1.17. The highest BCUT2D eigenvalue weighted by Gasteiger charge is 2.37. The van der Waals surface area contributed by atoms with Crippen molar-refractivity contribution in [2.75, 3.05) is 29.5 Å². The van der Waals surface area contributed by atoms with Gasteiger partial charge >= 0.3 is 12.4 Å². The number of alkyl halides is 6. The lowest BCUT2D eigenvalue weighted by Gasteiger charge is -2.30. The number of fused-ring (bicyclic) bond motifs is 1. The molecule has 8 nitrogen and oxygen atoms in total. The fraction of sp³-hybridized carbons (Fsp3) is 0.467. The van der Waals surface area contributed by atoms with Crippen LogP contribution in [0.3, 0.4) is 0 Å². The van der Waals surface area contributed by atoms with Crippen molar-refractivity contribution in [3.8, 4) is 0 Å². The summed E-state index contributed by atoms with van der Waals surface area (Å²) >= 11 is 0. The molecule has 1 N–H and O–H groups in total. The van der Waals surface area contributed by atoms with Crippen LogP contribution in [-0.4, -0.2) is 50.0 Å². The number of tetrazole rings is 1. The maximum Gasteiger partial charge on any atom is 0.416 e. The molecule has 0 spiro atoms. The van der Waals surface area contributed by atoms with Crippen LogP contribution >= 0.6 is 0 Å². The molecule has 5 rings (SSSR count). The Balaban J connectivity index is 1.63. The molecule has 248 valence electrons. The van der Waals surface area contributed by atoms with Crippen LogP contribution in [0.5, 0.6) is 0 Å². The van der Waals surface area contributed by atoms with Crippen molar-refractivity contribution in [1.82, 2.24) is 25.2 Å². The molecule has 0 bridgehead atoms. The minimum absolute atomic E-state index is 0.0210. The number of aliphatic hydroxyl groups excluding tert-OH is 1. The Bertz CT molecular complexity index is 1640. The maximum atomic E-state index is 15.0. The van der Waals surface area contributed by atoms with E-state index < -0.39 is 41.7 Å². The van der Waals surface area contributed by atoms with Gasteiger partial charge in [-0.3, -0.25) is 0 Å². The summed E-state index contributed by atoms with van der Waals surface area (Å²) in [6.45, 7) is 1.74. The highest BCUT2D eigenvalue weighted by Crippen LogP contribution is 2.37. The lowest BCUT2D eigenvalue weighted by atomic mass is 10.0. The Morgan fingerprint density at radius 1 is 0.891 bits per heavy atom. The normalized spacial score (nSPS) is 14.4. The summed E-state index contributed by atoms with van der Waals surface area (Å²) < 4.78 is 111. The Kier molecular flexibility index (Phi) is 9.65. The second-order valence-electron chi connectivity index (χ2n) is 11.3. The first-order valence-corrected chi connectivity index (χ1v) is 14.7. The van der Waals surface area contributed by atoms with Gasteiger partial charge in [-0.2, -0.15) is 31.1 Å². The molecule has 2 aromatic heterocycles. The number of hydrogen-bond acceptors (Lipinski definition) is 7. The zero-order valence-corrected chi connectivity index (χ0v) is 24.7. The van der Waals surface area contributed by atoms with Crippen molar-refractivity contribution in [1.29, 1.82) is 0 Å². The van der Waals surface area contributed by atoms with Crippen LogP contribution in [0.4, 0.5) is 46.9 Å². The van der Waals surface area contributed by atoms with Crippen molar-refractivity contribution < 1.29 is 40.2 Å². The molecule has 2 heterocycles. The number of nitrogens with zero attached hydrogens (tertiary/aromatic N) is 7. The Labute approximate surface area is 258 Å². The molecule has 46 heavy (non-hydrogen) atoms. The molecule has 1 aliphatic carbocycles. The van der Waals surface area contributed by atoms with Crippen LogP contribution in [0.1, 0.15) is 54.9 Å². The standard InChI is InChI=1S/C30H31F8N7O/c1-2-43(15-18-5-3-4-6-18)27-20(11-24-25(32)13-23(31)14-26(24)39-27)17-44(28-40-42-45(41-28)7-8-46)16-19-9-21(29(33,34)35)12-22(10-19)30(36,37)38/h9-14,18,46H,2-8,15-17H2,1H3. The first kappa shape index (κ1) is 33.3. The second-order valence-corrected chi connectivity index (χ2v) is 11.3. The highest BCUT2D eigenvalue weighted by molar-refractivity contribution is 5.83. The number of rotatable bonds is 11. The van der Waals surface area contributed by atoms with E-state index >= 15 is 0 Å². The highest BCUT2D eigenvalue weighted by atomic mass is 19.4. The summed E-state index contributed by atoms with van der Waals surface area (Å²) in [6.07, 6.45) is -6.01. The third kappa shape index (κ3) is 7.65. The number of benzene rings is 2. The largest absolute Gasteiger partial charge is 0.416 e. The van der Waals surface area contributed by atoms with Crippen molar-refractivity contribution in [3.05, 3.63) is 70.3 Å². The van der Waals surface area contributed by atoms with Crippen LogP contribution < -0.4 is 9.80 Å². The topological polar surface area (TPSA) is 83.2 Å². The van der Waals surface area contributed by atoms with E-state index in [1.165, 1.54) is 11.0 Å². The number of aromatic nitrogens is 5. The Morgan fingerprint density at radius 2 is 1.57 bits per heavy atom. The minimum Gasteiger partial charge on any atom is -0.394 e. The van der Waals surface area contributed by atoms with Gasteiger partial charge < -0.3 is 14.9 Å². The van der Waals surface area contributed by atoms with E-state index in [4.69, 9.17) is 0 Å². The SMILES string of the molecule is CCN(CC1CCCC1)c1nc2cc(F)cc(F)c2cc1CN(Cc1cc(C(F)(F)F)cc(C(F)(F)F)c1)c1nnn(CCO)n1. The summed E-state index contributed by atoms with van der Waals surface area (Å²) in [7, 11) is 0. The van der Waals surface area contributed by atoms with Crippen LogP contribution in [0.2, 0.25) is 0 Å². The predicted molar refractivity (Wildman–Crippen MR) is 153 cm³/mol. The quantitative estimate of drug-likeness (QED) is 0.179. The van der Waals surface area contributed by atoms with Gasteiger partial charge in [-0.1, -0.05) is 17.9 Å². The van der Waals surface area contributed by atoms with Crippen molar-refractivity contribution >= 4 is 22.7 Å². The number of pyridine rings is 1. The molecule has 0 saturated heterocycles. The summed E-state index contributed by atoms with van der Waals surface area (Å²) in [6, 6.07) is 4.50. The fourth-order valence-electron chi connectivity index (χ4n) is 5.77. The maximum absolute atomic E-state index is 15.0. The third-order valence-corrected chi connectivity index (χ3v) is 7.95. The summed E-state index contributed by atoms with van der Waals surface area (Å²) in [5.41, 5.74) is -2.91. The first-order valence-electron chi connectivity index (χ1n) is 14.7. The van der Waals surface area contributed by atoms with E-state index in [1.54, 1.807) is 0 Å². The van der Waals surface area contributed by atoms with Crippen LogP contribution in [0, 0.1) is 17.6 Å². The van der Waals surface area contributed by atoms with Gasteiger partial charge in [-0.05, 0) is 60.7 Å². The van der Waals surface area contributed by atoms with Crippen LogP contribution in [0.15, 0.2) is 36.4 Å². The monoisotopic (exact) mass is 657 g/mol. The first-order chi connectivity index (χ1) is 21.7. The number of hydrogen-bond donors (Lipinski definition) is 1. The number of halogens is 8. The second kappa shape index (κ2) is 13.3.